The summed E-state index contributed by atoms with van der Waals surface area (Å²) >= 11 is 0. The minimum atomic E-state index is -0.487. The van der Waals surface area contributed by atoms with Crippen LogP contribution in [0.1, 0.15) is 48.9 Å². The Balaban J connectivity index is 1.18. The summed E-state index contributed by atoms with van der Waals surface area (Å²) in [4.78, 5) is 17.5. The zero-order valence-corrected chi connectivity index (χ0v) is 22.0. The fourth-order valence-electron chi connectivity index (χ4n) is 5.02. The Hall–Kier alpha value is -4.73. The standard InChI is InChI=1S/C30H25FN6O3/c1-38-29-23(25(17-5-6-17)32-14-34-29)16-3-9-19(10-4-16)27-36-37-28(40-27)21-12-11-20(13-22(21)31)24-26(18-7-8-18)33-15-35-30(24)39-2/h3-4,9-15,17-18H,5-8H2,1-2H3. The van der Waals surface area contributed by atoms with Crippen molar-refractivity contribution in [3.8, 4) is 56.9 Å². The average Bonchev–Trinajstić information content (AvgIpc) is 3.94. The summed E-state index contributed by atoms with van der Waals surface area (Å²) in [6.07, 6.45) is 7.36. The van der Waals surface area contributed by atoms with Crippen LogP contribution in [0.2, 0.25) is 0 Å². The highest BCUT2D eigenvalue weighted by Crippen LogP contribution is 2.47. The topological polar surface area (TPSA) is 109 Å². The molecule has 3 heterocycles. The Morgan fingerprint density at radius 2 is 1.20 bits per heavy atom. The van der Waals surface area contributed by atoms with Crippen molar-refractivity contribution in [2.75, 3.05) is 14.2 Å². The van der Waals surface area contributed by atoms with Gasteiger partial charge in [0.25, 0.3) is 5.89 Å². The molecular weight excluding hydrogens is 511 g/mol. The number of aromatic nitrogens is 6. The molecule has 2 aliphatic rings. The molecule has 0 N–H and O–H groups in total. The summed E-state index contributed by atoms with van der Waals surface area (Å²) in [5.74, 6) is 1.65. The summed E-state index contributed by atoms with van der Waals surface area (Å²) < 4.78 is 32.3. The van der Waals surface area contributed by atoms with Crippen molar-refractivity contribution in [1.29, 1.82) is 0 Å². The molecule has 0 unspecified atom stereocenters. The third kappa shape index (κ3) is 4.35. The lowest BCUT2D eigenvalue weighted by atomic mass is 10.0. The summed E-state index contributed by atoms with van der Waals surface area (Å²) in [7, 11) is 3.16. The predicted octanol–water partition coefficient (Wildman–Crippen LogP) is 6.23. The van der Waals surface area contributed by atoms with Gasteiger partial charge in [-0.15, -0.1) is 10.2 Å². The van der Waals surface area contributed by atoms with Gasteiger partial charge in [-0.1, -0.05) is 18.2 Å². The van der Waals surface area contributed by atoms with Gasteiger partial charge in [-0.25, -0.2) is 24.3 Å². The first-order valence-corrected chi connectivity index (χ1v) is 13.2. The van der Waals surface area contributed by atoms with Crippen LogP contribution in [0, 0.1) is 5.82 Å². The third-order valence-electron chi connectivity index (χ3n) is 7.33. The maximum absolute atomic E-state index is 15.4. The molecule has 0 spiro atoms. The van der Waals surface area contributed by atoms with E-state index in [0.29, 0.717) is 34.7 Å². The van der Waals surface area contributed by atoms with Crippen LogP contribution in [-0.2, 0) is 0 Å². The van der Waals surface area contributed by atoms with Crippen LogP contribution in [0.15, 0.2) is 59.5 Å². The summed E-state index contributed by atoms with van der Waals surface area (Å²) in [6.45, 7) is 0. The first-order valence-electron chi connectivity index (χ1n) is 13.2. The molecule has 3 aromatic heterocycles. The molecule has 0 bridgehead atoms. The van der Waals surface area contributed by atoms with Crippen molar-refractivity contribution in [2.24, 2.45) is 0 Å². The normalized spacial score (nSPS) is 14.8. The smallest absolute Gasteiger partial charge is 0.251 e. The first kappa shape index (κ1) is 24.3. The van der Waals surface area contributed by atoms with Gasteiger partial charge in [-0.2, -0.15) is 0 Å². The minimum Gasteiger partial charge on any atom is -0.480 e. The van der Waals surface area contributed by atoms with Gasteiger partial charge >= 0.3 is 0 Å². The molecule has 2 aromatic carbocycles. The zero-order chi connectivity index (χ0) is 27.2. The molecule has 9 nitrogen and oxygen atoms in total. The van der Waals surface area contributed by atoms with Gasteiger partial charge in [0.15, 0.2) is 0 Å². The number of ether oxygens (including phenoxy) is 2. The van der Waals surface area contributed by atoms with Crippen molar-refractivity contribution in [2.45, 2.75) is 37.5 Å². The number of hydrogen-bond donors (Lipinski definition) is 0. The molecule has 0 atom stereocenters. The van der Waals surface area contributed by atoms with E-state index in [1.54, 1.807) is 32.7 Å². The highest BCUT2D eigenvalue weighted by atomic mass is 19.1. The molecule has 0 radical (unpaired) electrons. The summed E-state index contributed by atoms with van der Waals surface area (Å²) in [6, 6.07) is 12.6. The van der Waals surface area contributed by atoms with Crippen molar-refractivity contribution in [3.05, 3.63) is 72.3 Å². The lowest BCUT2D eigenvalue weighted by Gasteiger charge is -2.12. The number of methoxy groups -OCH3 is 2. The fourth-order valence-corrected chi connectivity index (χ4v) is 5.02. The number of hydrogen-bond acceptors (Lipinski definition) is 9. The van der Waals surface area contributed by atoms with Crippen molar-refractivity contribution in [1.82, 2.24) is 30.1 Å². The Morgan fingerprint density at radius 3 is 1.75 bits per heavy atom. The van der Waals surface area contributed by atoms with Crippen molar-refractivity contribution < 1.29 is 18.3 Å². The van der Waals surface area contributed by atoms with Crippen LogP contribution in [0.4, 0.5) is 4.39 Å². The Labute approximate surface area is 229 Å². The van der Waals surface area contributed by atoms with E-state index in [1.807, 2.05) is 24.3 Å². The summed E-state index contributed by atoms with van der Waals surface area (Å²) in [5, 5.41) is 8.30. The van der Waals surface area contributed by atoms with Crippen molar-refractivity contribution in [3.63, 3.8) is 0 Å². The lowest BCUT2D eigenvalue weighted by molar-refractivity contribution is 0.397. The number of benzene rings is 2. The SMILES string of the molecule is COc1ncnc(C2CC2)c1-c1ccc(-c2nnc(-c3ccc(-c4c(OC)ncnc4C4CC4)cc3F)o2)cc1. The van der Waals surface area contributed by atoms with Crippen LogP contribution in [-0.4, -0.2) is 44.4 Å². The van der Waals surface area contributed by atoms with E-state index in [4.69, 9.17) is 13.9 Å². The van der Waals surface area contributed by atoms with Gasteiger partial charge in [0.2, 0.25) is 17.7 Å². The van der Waals surface area contributed by atoms with Gasteiger partial charge in [0.1, 0.15) is 18.5 Å². The quantitative estimate of drug-likeness (QED) is 0.228. The molecule has 0 amide bonds. The van der Waals surface area contributed by atoms with E-state index in [2.05, 4.69) is 30.1 Å². The second kappa shape index (κ2) is 9.78. The molecule has 2 saturated carbocycles. The average molecular weight is 537 g/mol. The van der Waals surface area contributed by atoms with Gasteiger partial charge in [0.05, 0.1) is 42.3 Å². The molecule has 10 heteroatoms. The minimum absolute atomic E-state index is 0.0935. The van der Waals surface area contributed by atoms with E-state index in [9.17, 15) is 0 Å². The number of nitrogens with zero attached hydrogens (tertiary/aromatic N) is 6. The molecule has 2 fully saturated rings. The number of rotatable bonds is 8. The zero-order valence-electron chi connectivity index (χ0n) is 22.0. The van der Waals surface area contributed by atoms with Crippen LogP contribution in [0.5, 0.6) is 11.8 Å². The van der Waals surface area contributed by atoms with Gasteiger partial charge in [-0.05, 0) is 61.1 Å². The van der Waals surface area contributed by atoms with E-state index in [1.165, 1.54) is 12.4 Å². The van der Waals surface area contributed by atoms with E-state index in [0.717, 1.165) is 53.8 Å². The Bertz CT molecular complexity index is 1710. The maximum atomic E-state index is 15.4. The lowest BCUT2D eigenvalue weighted by Crippen LogP contribution is -1.99. The second-order valence-corrected chi connectivity index (χ2v) is 10.0. The highest BCUT2D eigenvalue weighted by Gasteiger charge is 2.31. The van der Waals surface area contributed by atoms with E-state index in [-0.39, 0.29) is 17.3 Å². The molecule has 0 saturated heterocycles. The number of halogens is 1. The van der Waals surface area contributed by atoms with Gasteiger partial charge < -0.3 is 13.9 Å². The molecule has 2 aliphatic carbocycles. The van der Waals surface area contributed by atoms with Crippen LogP contribution in [0.3, 0.4) is 0 Å². The molecule has 200 valence electrons. The molecular formula is C30H25FN6O3. The third-order valence-corrected chi connectivity index (χ3v) is 7.33. The molecule has 7 rings (SSSR count). The first-order chi connectivity index (χ1) is 19.6. The Morgan fingerprint density at radius 1 is 0.675 bits per heavy atom. The molecule has 0 aliphatic heterocycles. The highest BCUT2D eigenvalue weighted by molar-refractivity contribution is 5.75. The second-order valence-electron chi connectivity index (χ2n) is 10.0. The van der Waals surface area contributed by atoms with Crippen LogP contribution in [0.25, 0.3) is 45.2 Å². The Kier molecular flexibility index (Phi) is 5.95. The van der Waals surface area contributed by atoms with E-state index < -0.39 is 5.82 Å². The van der Waals surface area contributed by atoms with Crippen LogP contribution >= 0.6 is 0 Å². The van der Waals surface area contributed by atoms with E-state index >= 15 is 4.39 Å². The molecule has 40 heavy (non-hydrogen) atoms. The van der Waals surface area contributed by atoms with Crippen molar-refractivity contribution >= 4 is 0 Å². The summed E-state index contributed by atoms with van der Waals surface area (Å²) in [5.41, 5.74) is 6.00. The fraction of sp³-hybridized carbons (Fsp3) is 0.267. The predicted molar refractivity (Wildman–Crippen MR) is 144 cm³/mol. The van der Waals surface area contributed by atoms with Crippen LogP contribution < -0.4 is 9.47 Å². The molecule has 5 aromatic rings. The van der Waals surface area contributed by atoms with Gasteiger partial charge in [-0.3, -0.25) is 0 Å². The maximum Gasteiger partial charge on any atom is 0.251 e. The monoisotopic (exact) mass is 536 g/mol. The van der Waals surface area contributed by atoms with Gasteiger partial charge in [0, 0.05) is 17.4 Å². The largest absolute Gasteiger partial charge is 0.480 e.